The van der Waals surface area contributed by atoms with Gasteiger partial charge in [-0.15, -0.1) is 0 Å². The van der Waals surface area contributed by atoms with Crippen molar-refractivity contribution < 1.29 is 29.2 Å². The van der Waals surface area contributed by atoms with Gasteiger partial charge < -0.3 is 36.8 Å². The Balaban J connectivity index is 1.32. The van der Waals surface area contributed by atoms with E-state index in [0.29, 0.717) is 12.1 Å². The number of fused-ring (bicyclic) bond motifs is 1. The first-order valence-electron chi connectivity index (χ1n) is 12.0. The lowest BCUT2D eigenvalue weighted by Gasteiger charge is -2.44. The summed E-state index contributed by atoms with van der Waals surface area (Å²) in [7, 11) is 1.51. The molecular weight excluding hydrogens is 484 g/mol. The molecule has 0 aromatic heterocycles. The van der Waals surface area contributed by atoms with E-state index in [1.807, 2.05) is 6.07 Å². The molecule has 5 aliphatic rings. The molecule has 2 saturated heterocycles. The third kappa shape index (κ3) is 3.10. The van der Waals surface area contributed by atoms with Gasteiger partial charge in [0.15, 0.2) is 5.96 Å². The van der Waals surface area contributed by atoms with Gasteiger partial charge in [-0.25, -0.2) is 14.4 Å². The quantitative estimate of drug-likeness (QED) is 0.110. The van der Waals surface area contributed by atoms with Crippen molar-refractivity contribution >= 4 is 35.5 Å². The van der Waals surface area contributed by atoms with E-state index < -0.39 is 47.4 Å². The second kappa shape index (κ2) is 7.69. The summed E-state index contributed by atoms with van der Waals surface area (Å²) in [5.41, 5.74) is 12.7. The zero-order valence-electron chi connectivity index (χ0n) is 20.1. The number of nitrogens with zero attached hydrogens (tertiary/aromatic N) is 4. The third-order valence-corrected chi connectivity index (χ3v) is 7.87. The number of aliphatic hydroxyl groups is 2. The Kier molecular flexibility index (Phi) is 4.84. The number of hydrogen-bond acceptors (Lipinski definition) is 11. The van der Waals surface area contributed by atoms with Crippen LogP contribution in [0.2, 0.25) is 0 Å². The highest BCUT2D eigenvalue weighted by molar-refractivity contribution is 6.02. The van der Waals surface area contributed by atoms with Crippen LogP contribution in [0.1, 0.15) is 15.9 Å². The lowest BCUT2D eigenvalue weighted by molar-refractivity contribution is -0.623. The lowest BCUT2D eigenvalue weighted by atomic mass is 9.85. The maximum atomic E-state index is 13.3. The summed E-state index contributed by atoms with van der Waals surface area (Å²) in [6.45, 7) is 0.439. The van der Waals surface area contributed by atoms with Gasteiger partial charge in [-0.3, -0.25) is 25.5 Å². The van der Waals surface area contributed by atoms with Crippen molar-refractivity contribution in [2.75, 3.05) is 38.5 Å². The highest BCUT2D eigenvalue weighted by Crippen LogP contribution is 2.42. The first kappa shape index (κ1) is 23.3. The highest BCUT2D eigenvalue weighted by Gasteiger charge is 2.75. The number of urea groups is 1. The molecule has 1 aromatic rings. The number of benzene rings is 1. The van der Waals surface area contributed by atoms with Crippen molar-refractivity contribution in [1.29, 1.82) is 0 Å². The number of nitrogens with two attached hydrogens (primary N) is 2. The number of amides is 4. The monoisotopic (exact) mass is 513 g/mol. The van der Waals surface area contributed by atoms with E-state index in [2.05, 4.69) is 26.3 Å². The number of imide groups is 1. The van der Waals surface area contributed by atoms with Gasteiger partial charge in [-0.2, -0.15) is 0 Å². The number of carbonyl (C=O) groups excluding carboxylic acids is 3. The van der Waals surface area contributed by atoms with Crippen molar-refractivity contribution in [2.24, 2.45) is 16.5 Å². The molecule has 5 aliphatic heterocycles. The Morgan fingerprint density at radius 1 is 1.32 bits per heavy atom. The van der Waals surface area contributed by atoms with Crippen molar-refractivity contribution in [2.45, 2.75) is 36.0 Å². The molecule has 1 spiro atoms. The molecule has 0 aliphatic carbocycles. The van der Waals surface area contributed by atoms with Crippen LogP contribution in [0.25, 0.3) is 0 Å². The summed E-state index contributed by atoms with van der Waals surface area (Å²) in [6, 6.07) is 1.93. The SMILES string of the molecule is CN1CC(=O)N(C[C@@H]2NC(N)=[N+]3CC(NC(=O)c4cccc5c4NCC5)C(O)(O)C34NC(N)=NC24)C1=O. The van der Waals surface area contributed by atoms with E-state index in [9.17, 15) is 24.6 Å². The van der Waals surface area contributed by atoms with E-state index in [0.717, 1.165) is 22.6 Å². The number of hydrogen-bond donors (Lipinski definition) is 8. The average Bonchev–Trinajstić information content (AvgIpc) is 3.57. The van der Waals surface area contributed by atoms with Crippen LogP contribution in [0.5, 0.6) is 0 Å². The van der Waals surface area contributed by atoms with Crippen LogP contribution in [0.3, 0.4) is 0 Å². The molecule has 0 bridgehead atoms. The average molecular weight is 514 g/mol. The topological polar surface area (TPSA) is 214 Å². The molecule has 3 unspecified atom stereocenters. The van der Waals surface area contributed by atoms with Crippen molar-refractivity contribution in [3.05, 3.63) is 29.3 Å². The Bertz CT molecular complexity index is 1290. The zero-order valence-corrected chi connectivity index (χ0v) is 20.1. The van der Waals surface area contributed by atoms with Gasteiger partial charge in [0, 0.05) is 13.6 Å². The first-order valence-corrected chi connectivity index (χ1v) is 12.0. The third-order valence-electron chi connectivity index (χ3n) is 7.87. The zero-order chi connectivity index (χ0) is 26.3. The number of rotatable bonds is 4. The fraction of sp³-hybridized carbons (Fsp3) is 0.500. The fourth-order valence-corrected chi connectivity index (χ4v) is 6.12. The molecule has 10 N–H and O–H groups in total. The lowest BCUT2D eigenvalue weighted by Crippen LogP contribution is -2.79. The minimum Gasteiger partial charge on any atom is -0.384 e. The van der Waals surface area contributed by atoms with Crippen LogP contribution in [0.15, 0.2) is 23.2 Å². The molecule has 4 amide bonds. The molecule has 196 valence electrons. The maximum absolute atomic E-state index is 13.3. The van der Waals surface area contributed by atoms with E-state index in [1.165, 1.54) is 16.5 Å². The van der Waals surface area contributed by atoms with Crippen LogP contribution in [0.4, 0.5) is 10.5 Å². The molecule has 6 rings (SSSR count). The van der Waals surface area contributed by atoms with Gasteiger partial charge in [0.05, 0.1) is 24.3 Å². The van der Waals surface area contributed by atoms with E-state index >= 15 is 0 Å². The number of likely N-dealkylation sites (N-methyl/N-ethyl adjacent to an activating group) is 1. The molecule has 2 fully saturated rings. The molecular formula is C22H29N10O5+. The van der Waals surface area contributed by atoms with Gasteiger partial charge >= 0.3 is 12.0 Å². The summed E-state index contributed by atoms with van der Waals surface area (Å²) in [6.07, 6.45) is 0.791. The smallest absolute Gasteiger partial charge is 0.346 e. The normalized spacial score (nSPS) is 31.3. The minimum absolute atomic E-state index is 0.0533. The number of guanidine groups is 2. The molecule has 4 atom stereocenters. The summed E-state index contributed by atoms with van der Waals surface area (Å²) in [4.78, 5) is 44.9. The summed E-state index contributed by atoms with van der Waals surface area (Å²) in [5.74, 6) is -3.51. The predicted molar refractivity (Wildman–Crippen MR) is 129 cm³/mol. The predicted octanol–water partition coefficient (Wildman–Crippen LogP) is -4.38. The standard InChI is InChI=1S/C22H28N10O5/c1-30-9-14(33)31(20(30)35)7-12-16-21(29-18(23)28-16)22(36,37)13(8-32(21)19(24)26-12)27-17(34)11-4-2-3-10-5-6-25-15(10)11/h2-4,12-13,16,36-37H,5-9H2,1H3,(H7,23,24,25,26,27,28,29,34)/p+1/t12-,13?,16?,21?/m0/s1. The van der Waals surface area contributed by atoms with Gasteiger partial charge in [0.2, 0.25) is 17.4 Å². The molecule has 0 saturated carbocycles. The first-order chi connectivity index (χ1) is 17.5. The van der Waals surface area contributed by atoms with Crippen LogP contribution >= 0.6 is 0 Å². The molecule has 1 aromatic carbocycles. The van der Waals surface area contributed by atoms with E-state index in [4.69, 9.17) is 11.5 Å². The minimum atomic E-state index is -2.61. The van der Waals surface area contributed by atoms with Crippen LogP contribution in [-0.4, -0.2) is 117 Å². The number of anilines is 1. The number of aliphatic imine (C=N–C) groups is 1. The van der Waals surface area contributed by atoms with E-state index in [1.54, 1.807) is 12.1 Å². The largest absolute Gasteiger partial charge is 0.384 e. The fourth-order valence-electron chi connectivity index (χ4n) is 6.12. The second-order valence-electron chi connectivity index (χ2n) is 10.0. The van der Waals surface area contributed by atoms with Crippen molar-refractivity contribution in [1.82, 2.24) is 25.8 Å². The van der Waals surface area contributed by atoms with Gasteiger partial charge in [0.1, 0.15) is 24.7 Å². The Hall–Kier alpha value is -4.11. The Morgan fingerprint density at radius 3 is 2.84 bits per heavy atom. The maximum Gasteiger partial charge on any atom is 0.346 e. The Labute approximate surface area is 211 Å². The van der Waals surface area contributed by atoms with Gasteiger partial charge in [-0.1, -0.05) is 12.1 Å². The highest BCUT2D eigenvalue weighted by atomic mass is 16.5. The molecule has 37 heavy (non-hydrogen) atoms. The summed E-state index contributed by atoms with van der Waals surface area (Å²) < 4.78 is 1.47. The van der Waals surface area contributed by atoms with Crippen LogP contribution in [0, 0.1) is 0 Å². The molecule has 5 heterocycles. The number of carbonyl (C=O) groups is 3. The Morgan fingerprint density at radius 2 is 2.11 bits per heavy atom. The van der Waals surface area contributed by atoms with Crippen molar-refractivity contribution in [3.63, 3.8) is 0 Å². The number of para-hydroxylation sites is 1. The van der Waals surface area contributed by atoms with Gasteiger partial charge in [-0.05, 0) is 18.1 Å². The molecule has 15 nitrogen and oxygen atoms in total. The second-order valence-corrected chi connectivity index (χ2v) is 10.0. The summed E-state index contributed by atoms with van der Waals surface area (Å²) in [5, 5.41) is 35.1. The molecule has 15 heteroatoms. The number of nitrogens with one attached hydrogen (secondary N) is 4. The molecule has 0 radical (unpaired) electrons. The summed E-state index contributed by atoms with van der Waals surface area (Å²) >= 11 is 0. The van der Waals surface area contributed by atoms with Gasteiger partial charge in [0.25, 0.3) is 5.91 Å². The van der Waals surface area contributed by atoms with Crippen LogP contribution < -0.4 is 32.7 Å². The van der Waals surface area contributed by atoms with Crippen molar-refractivity contribution in [3.8, 4) is 0 Å². The van der Waals surface area contributed by atoms with Crippen LogP contribution in [-0.2, 0) is 11.2 Å². The van der Waals surface area contributed by atoms with E-state index in [-0.39, 0.29) is 31.6 Å².